The number of unbranched alkanes of at least 4 members (excludes halogenated alkanes) is 25. The van der Waals surface area contributed by atoms with Crippen LogP contribution >= 0.6 is 0 Å². The smallest absolute Gasteiger partial charge is 0.408 e. The van der Waals surface area contributed by atoms with Crippen LogP contribution in [0, 0.1) is 0 Å². The number of ether oxygens (including phenoxy) is 2. The first-order valence-electron chi connectivity index (χ1n) is 26.5. The van der Waals surface area contributed by atoms with Crippen LogP contribution in [0.15, 0.2) is 60.7 Å². The van der Waals surface area contributed by atoms with Crippen molar-refractivity contribution in [1.29, 1.82) is 0 Å². The highest BCUT2D eigenvalue weighted by atomic mass is 16.6. The van der Waals surface area contributed by atoms with E-state index in [1.54, 1.807) is 4.90 Å². The average molecular weight is 922 g/mol. The molecule has 0 unspecified atom stereocenters. The van der Waals surface area contributed by atoms with Gasteiger partial charge in [0.15, 0.2) is 6.23 Å². The first kappa shape index (κ1) is 56.8. The summed E-state index contributed by atoms with van der Waals surface area (Å²) in [6, 6.07) is 16.1. The van der Waals surface area contributed by atoms with E-state index >= 15 is 0 Å². The minimum Gasteiger partial charge on any atom is -0.445 e. The molecule has 2 aromatic rings. The highest BCUT2D eigenvalue weighted by molar-refractivity contribution is 5.86. The molecule has 3 rings (SSSR count). The summed E-state index contributed by atoms with van der Waals surface area (Å²) in [5, 5.41) is 38.6. The van der Waals surface area contributed by atoms with Crippen molar-refractivity contribution in [2.45, 2.75) is 243 Å². The van der Waals surface area contributed by atoms with Crippen LogP contribution in [-0.2, 0) is 32.1 Å². The van der Waals surface area contributed by atoms with Gasteiger partial charge in [0.05, 0.1) is 6.61 Å². The van der Waals surface area contributed by atoms with E-state index < -0.39 is 55.2 Å². The number of hydrogen-bond donors (Lipinski definition) is 5. The van der Waals surface area contributed by atoms with Crippen LogP contribution < -0.4 is 10.6 Å². The van der Waals surface area contributed by atoms with Crippen LogP contribution in [0.25, 0.3) is 0 Å². The van der Waals surface area contributed by atoms with Gasteiger partial charge in [0.25, 0.3) is 0 Å². The lowest BCUT2D eigenvalue weighted by molar-refractivity contribution is -0.231. The van der Waals surface area contributed by atoms with E-state index in [2.05, 4.69) is 24.5 Å². The molecule has 3 amide bonds. The van der Waals surface area contributed by atoms with E-state index in [1.807, 2.05) is 60.7 Å². The van der Waals surface area contributed by atoms with E-state index in [9.17, 15) is 29.7 Å². The third-order valence-corrected chi connectivity index (χ3v) is 13.2. The quantitative estimate of drug-likeness (QED) is 0.0417. The van der Waals surface area contributed by atoms with Gasteiger partial charge in [-0.25, -0.2) is 4.79 Å². The summed E-state index contributed by atoms with van der Waals surface area (Å²) < 4.78 is 11.8. The summed E-state index contributed by atoms with van der Waals surface area (Å²) in [7, 11) is 0. The van der Waals surface area contributed by atoms with Crippen LogP contribution in [0.3, 0.4) is 0 Å². The monoisotopic (exact) mass is 922 g/mol. The molecular weight excluding hydrogens is 831 g/mol. The second kappa shape index (κ2) is 36.5. The van der Waals surface area contributed by atoms with Gasteiger partial charge in [0.1, 0.15) is 37.0 Å². The molecule has 1 saturated heterocycles. The molecule has 0 aromatic heterocycles. The van der Waals surface area contributed by atoms with E-state index in [0.717, 1.165) is 49.7 Å². The summed E-state index contributed by atoms with van der Waals surface area (Å²) in [6.45, 7) is 4.26. The SMILES string of the molecule is CCCCCCCCCCCCCCCCCC(=O)N(CCCCCCCCCCCCCC)[C@@H]1O[C@H](CO)[C@@H](O)[C@H](O)[C@H]1NC(=O)[C@H](Cc1ccccc1)NC(=O)OCc1ccccc1. The maximum absolute atomic E-state index is 14.3. The number of nitrogens with zero attached hydrogens (tertiary/aromatic N) is 1. The molecule has 0 bridgehead atoms. The molecule has 1 heterocycles. The molecule has 2 aromatic carbocycles. The molecule has 0 aliphatic carbocycles. The van der Waals surface area contributed by atoms with Crippen molar-refractivity contribution in [2.24, 2.45) is 0 Å². The number of carbonyl (C=O) groups is 3. The van der Waals surface area contributed by atoms with Gasteiger partial charge >= 0.3 is 6.09 Å². The number of amides is 3. The number of rotatable bonds is 38. The topological polar surface area (TPSA) is 158 Å². The van der Waals surface area contributed by atoms with Crippen LogP contribution in [0.1, 0.15) is 205 Å². The molecule has 66 heavy (non-hydrogen) atoms. The van der Waals surface area contributed by atoms with Crippen molar-refractivity contribution < 1.29 is 39.2 Å². The van der Waals surface area contributed by atoms with E-state index in [-0.39, 0.29) is 25.4 Å². The number of aliphatic hydroxyl groups excluding tert-OH is 3. The normalized spacial score (nSPS) is 18.7. The summed E-state index contributed by atoms with van der Waals surface area (Å²) >= 11 is 0. The Labute approximate surface area is 399 Å². The van der Waals surface area contributed by atoms with Crippen molar-refractivity contribution in [3.63, 3.8) is 0 Å². The van der Waals surface area contributed by atoms with Gasteiger partial charge in [0.2, 0.25) is 11.8 Å². The second-order valence-electron chi connectivity index (χ2n) is 18.9. The molecule has 374 valence electrons. The number of carbonyl (C=O) groups excluding carboxylic acids is 3. The fourth-order valence-corrected chi connectivity index (χ4v) is 9.06. The fourth-order valence-electron chi connectivity index (χ4n) is 9.06. The number of nitrogens with one attached hydrogen (secondary N) is 2. The Kier molecular flexibility index (Phi) is 31.4. The van der Waals surface area contributed by atoms with Crippen molar-refractivity contribution >= 4 is 17.9 Å². The standard InChI is InChI=1S/C55H91N3O8/c1-3-5-7-9-11-13-15-17-18-19-20-22-24-26-34-40-49(60)58(41-35-27-25-23-21-16-14-12-10-8-6-4-2)54-50(52(62)51(61)48(43-59)66-54)57-53(63)47(42-45-36-30-28-31-37-45)56-55(64)65-44-46-38-32-29-33-39-46/h28-33,36-39,47-48,50-52,54,59,61-62H,3-27,34-35,40-44H2,1-2H3,(H,56,64)(H,57,63)/t47-,48+,50+,51+,52+,54+/m0/s1. The maximum Gasteiger partial charge on any atom is 0.408 e. The Bertz CT molecular complexity index is 1520. The minimum atomic E-state index is -1.57. The Hall–Kier alpha value is -3.51. The Morgan fingerprint density at radius 3 is 1.52 bits per heavy atom. The molecule has 6 atom stereocenters. The molecule has 1 fully saturated rings. The third-order valence-electron chi connectivity index (χ3n) is 13.2. The average Bonchev–Trinajstić information content (AvgIpc) is 3.33. The summed E-state index contributed by atoms with van der Waals surface area (Å²) in [5.74, 6) is -0.788. The molecule has 0 radical (unpaired) electrons. The molecule has 0 spiro atoms. The third kappa shape index (κ3) is 24.0. The highest BCUT2D eigenvalue weighted by Crippen LogP contribution is 2.26. The van der Waals surface area contributed by atoms with Crippen LogP contribution in [0.2, 0.25) is 0 Å². The highest BCUT2D eigenvalue weighted by Gasteiger charge is 2.48. The Morgan fingerprint density at radius 2 is 1.05 bits per heavy atom. The molecule has 0 saturated carbocycles. The zero-order valence-electron chi connectivity index (χ0n) is 41.2. The van der Waals surface area contributed by atoms with Crippen molar-refractivity contribution in [1.82, 2.24) is 15.5 Å². The van der Waals surface area contributed by atoms with Crippen LogP contribution in [0.4, 0.5) is 4.79 Å². The first-order chi connectivity index (χ1) is 32.3. The largest absolute Gasteiger partial charge is 0.445 e. The Morgan fingerprint density at radius 1 is 0.606 bits per heavy atom. The molecule has 1 aliphatic heterocycles. The molecule has 11 heteroatoms. The Balaban J connectivity index is 1.65. The zero-order valence-corrected chi connectivity index (χ0v) is 41.2. The van der Waals surface area contributed by atoms with Gasteiger partial charge in [-0.15, -0.1) is 0 Å². The van der Waals surface area contributed by atoms with E-state index in [0.29, 0.717) is 19.4 Å². The lowest BCUT2D eigenvalue weighted by Crippen LogP contribution is -2.70. The second-order valence-corrected chi connectivity index (χ2v) is 18.9. The van der Waals surface area contributed by atoms with Gasteiger partial charge in [0, 0.05) is 19.4 Å². The molecular formula is C55H91N3O8. The molecule has 1 aliphatic rings. The summed E-state index contributed by atoms with van der Waals surface area (Å²) in [6.07, 6.45) is 26.5. The van der Waals surface area contributed by atoms with Gasteiger partial charge in [-0.05, 0) is 24.0 Å². The van der Waals surface area contributed by atoms with Crippen molar-refractivity contribution in [3.05, 3.63) is 71.8 Å². The van der Waals surface area contributed by atoms with Gasteiger partial charge in [-0.2, -0.15) is 0 Å². The summed E-state index contributed by atoms with van der Waals surface area (Å²) in [4.78, 5) is 43.3. The predicted octanol–water partition coefficient (Wildman–Crippen LogP) is 11.2. The van der Waals surface area contributed by atoms with Gasteiger partial charge < -0.3 is 40.3 Å². The molecule has 11 nitrogen and oxygen atoms in total. The fraction of sp³-hybridized carbons (Fsp3) is 0.727. The lowest BCUT2D eigenvalue weighted by atomic mass is 9.94. The molecule has 5 N–H and O–H groups in total. The van der Waals surface area contributed by atoms with Gasteiger partial charge in [-0.3, -0.25) is 9.59 Å². The van der Waals surface area contributed by atoms with E-state index in [1.165, 1.54) is 122 Å². The summed E-state index contributed by atoms with van der Waals surface area (Å²) in [5.41, 5.74) is 1.57. The van der Waals surface area contributed by atoms with Crippen LogP contribution in [0.5, 0.6) is 0 Å². The predicted molar refractivity (Wildman–Crippen MR) is 266 cm³/mol. The number of alkyl carbamates (subject to hydrolysis) is 1. The zero-order chi connectivity index (χ0) is 47.5. The van der Waals surface area contributed by atoms with Crippen LogP contribution in [-0.4, -0.2) is 87.9 Å². The lowest BCUT2D eigenvalue weighted by Gasteiger charge is -2.47. The van der Waals surface area contributed by atoms with Crippen molar-refractivity contribution in [2.75, 3.05) is 13.2 Å². The van der Waals surface area contributed by atoms with Gasteiger partial charge in [-0.1, -0.05) is 235 Å². The van der Waals surface area contributed by atoms with E-state index in [4.69, 9.17) is 9.47 Å². The number of benzene rings is 2. The minimum absolute atomic E-state index is 0.00783. The number of aliphatic hydroxyl groups is 3. The van der Waals surface area contributed by atoms with Crippen molar-refractivity contribution in [3.8, 4) is 0 Å². The number of hydrogen-bond acceptors (Lipinski definition) is 8. The first-order valence-corrected chi connectivity index (χ1v) is 26.5. The maximum atomic E-state index is 14.3.